The maximum absolute atomic E-state index is 12.4. The molecule has 1 saturated carbocycles. The first-order chi connectivity index (χ1) is 8.96. The second-order valence-electron chi connectivity index (χ2n) is 4.36. The molecule has 1 aromatic rings. The SMILES string of the molecule is C#CCN(CC1CC1)S(=O)(=O)c1ccsc1C(=O)O. The molecule has 0 aromatic carbocycles. The summed E-state index contributed by atoms with van der Waals surface area (Å²) >= 11 is 0.897. The molecule has 0 amide bonds. The normalized spacial score (nSPS) is 15.4. The molecule has 19 heavy (non-hydrogen) atoms. The molecule has 7 heteroatoms. The van der Waals surface area contributed by atoms with Crippen LogP contribution < -0.4 is 0 Å². The molecule has 0 spiro atoms. The number of nitrogens with zero attached hydrogens (tertiary/aromatic N) is 1. The van der Waals surface area contributed by atoms with Gasteiger partial charge in [-0.15, -0.1) is 17.8 Å². The van der Waals surface area contributed by atoms with Crippen LogP contribution in [0.5, 0.6) is 0 Å². The summed E-state index contributed by atoms with van der Waals surface area (Å²) in [5, 5.41) is 10.5. The summed E-state index contributed by atoms with van der Waals surface area (Å²) in [5.41, 5.74) is 0. The number of rotatable bonds is 6. The quantitative estimate of drug-likeness (QED) is 0.807. The average molecular weight is 299 g/mol. The van der Waals surface area contributed by atoms with Gasteiger partial charge < -0.3 is 5.11 Å². The highest BCUT2D eigenvalue weighted by molar-refractivity contribution is 7.89. The minimum Gasteiger partial charge on any atom is -0.477 e. The van der Waals surface area contributed by atoms with Crippen LogP contribution >= 0.6 is 11.3 Å². The lowest BCUT2D eigenvalue weighted by Crippen LogP contribution is -2.33. The molecule has 1 N–H and O–H groups in total. The molecule has 2 rings (SSSR count). The Labute approximate surface area is 115 Å². The second kappa shape index (κ2) is 5.33. The summed E-state index contributed by atoms with van der Waals surface area (Å²) in [7, 11) is -3.83. The fourth-order valence-corrected chi connectivity index (χ4v) is 4.40. The lowest BCUT2D eigenvalue weighted by molar-refractivity contribution is 0.0698. The van der Waals surface area contributed by atoms with Crippen molar-refractivity contribution in [1.29, 1.82) is 0 Å². The highest BCUT2D eigenvalue weighted by Crippen LogP contribution is 2.32. The van der Waals surface area contributed by atoms with Crippen LogP contribution in [0.4, 0.5) is 0 Å². The van der Waals surface area contributed by atoms with Crippen LogP contribution in [0.15, 0.2) is 16.3 Å². The van der Waals surface area contributed by atoms with Crippen LogP contribution in [-0.2, 0) is 10.0 Å². The topological polar surface area (TPSA) is 74.7 Å². The lowest BCUT2D eigenvalue weighted by atomic mass is 10.4. The number of hydrogen-bond donors (Lipinski definition) is 1. The van der Waals surface area contributed by atoms with E-state index in [2.05, 4.69) is 5.92 Å². The van der Waals surface area contributed by atoms with E-state index in [-0.39, 0.29) is 16.3 Å². The van der Waals surface area contributed by atoms with E-state index in [9.17, 15) is 13.2 Å². The first-order valence-corrected chi connectivity index (χ1v) is 8.03. The summed E-state index contributed by atoms with van der Waals surface area (Å²) < 4.78 is 26.1. The van der Waals surface area contributed by atoms with Crippen molar-refractivity contribution in [2.24, 2.45) is 5.92 Å². The predicted molar refractivity (Wildman–Crippen MR) is 71.6 cm³/mol. The van der Waals surface area contributed by atoms with Gasteiger partial charge in [0.2, 0.25) is 10.0 Å². The summed E-state index contributed by atoms with van der Waals surface area (Å²) in [5.74, 6) is 1.43. The van der Waals surface area contributed by atoms with Crippen LogP contribution in [0.1, 0.15) is 22.5 Å². The van der Waals surface area contributed by atoms with E-state index < -0.39 is 16.0 Å². The van der Waals surface area contributed by atoms with Gasteiger partial charge >= 0.3 is 5.97 Å². The standard InChI is InChI=1S/C12H13NO4S2/c1-2-6-13(8-9-3-4-9)19(16,17)10-5-7-18-11(10)12(14)15/h1,5,7,9H,3-4,6,8H2,(H,14,15). The highest BCUT2D eigenvalue weighted by Gasteiger charge is 2.34. The van der Waals surface area contributed by atoms with Crippen molar-refractivity contribution in [2.45, 2.75) is 17.7 Å². The van der Waals surface area contributed by atoms with E-state index in [0.29, 0.717) is 12.5 Å². The van der Waals surface area contributed by atoms with E-state index in [1.807, 2.05) is 0 Å². The maximum Gasteiger partial charge on any atom is 0.347 e. The molecule has 1 aromatic heterocycles. The largest absolute Gasteiger partial charge is 0.477 e. The number of sulfonamides is 1. The smallest absolute Gasteiger partial charge is 0.347 e. The summed E-state index contributed by atoms with van der Waals surface area (Å²) in [6, 6.07) is 1.32. The average Bonchev–Trinajstić information content (AvgIpc) is 3.01. The van der Waals surface area contributed by atoms with E-state index in [1.165, 1.54) is 15.8 Å². The Hall–Kier alpha value is -1.36. The van der Waals surface area contributed by atoms with Crippen molar-refractivity contribution >= 4 is 27.3 Å². The number of hydrogen-bond acceptors (Lipinski definition) is 4. The van der Waals surface area contributed by atoms with E-state index in [0.717, 1.165) is 24.2 Å². The zero-order chi connectivity index (χ0) is 14.0. The van der Waals surface area contributed by atoms with Gasteiger partial charge in [0.1, 0.15) is 9.77 Å². The zero-order valence-corrected chi connectivity index (χ0v) is 11.7. The number of carboxylic acids is 1. The van der Waals surface area contributed by atoms with Crippen molar-refractivity contribution in [3.63, 3.8) is 0 Å². The van der Waals surface area contributed by atoms with Gasteiger partial charge in [0.05, 0.1) is 6.54 Å². The predicted octanol–water partition coefficient (Wildman–Crippen LogP) is 1.48. The molecule has 0 atom stereocenters. The summed E-state index contributed by atoms with van der Waals surface area (Å²) in [4.78, 5) is 10.7. The fraction of sp³-hybridized carbons (Fsp3) is 0.417. The van der Waals surface area contributed by atoms with Gasteiger partial charge in [-0.05, 0) is 30.2 Å². The van der Waals surface area contributed by atoms with E-state index in [1.54, 1.807) is 0 Å². The number of carbonyl (C=O) groups is 1. The molecular formula is C12H13NO4S2. The van der Waals surface area contributed by atoms with Crippen molar-refractivity contribution in [1.82, 2.24) is 4.31 Å². The molecule has 1 aliphatic carbocycles. The van der Waals surface area contributed by atoms with Gasteiger partial charge in [-0.3, -0.25) is 0 Å². The Morgan fingerprint density at radius 2 is 2.26 bits per heavy atom. The Kier molecular flexibility index (Phi) is 3.94. The van der Waals surface area contributed by atoms with Gasteiger partial charge in [-0.25, -0.2) is 13.2 Å². The number of terminal acetylenes is 1. The maximum atomic E-state index is 12.4. The third-order valence-corrected chi connectivity index (χ3v) is 5.75. The van der Waals surface area contributed by atoms with Crippen molar-refractivity contribution < 1.29 is 18.3 Å². The molecule has 0 aliphatic heterocycles. The Bertz CT molecular complexity index is 622. The molecule has 0 unspecified atom stereocenters. The van der Waals surface area contributed by atoms with Gasteiger partial charge in [0.25, 0.3) is 0 Å². The van der Waals surface area contributed by atoms with Gasteiger partial charge in [-0.2, -0.15) is 4.31 Å². The number of thiophene rings is 1. The Morgan fingerprint density at radius 1 is 1.58 bits per heavy atom. The molecule has 102 valence electrons. The third kappa shape index (κ3) is 2.97. The minimum absolute atomic E-state index is 0.0340. The Balaban J connectivity index is 2.35. The van der Waals surface area contributed by atoms with Crippen LogP contribution in [0, 0.1) is 18.3 Å². The molecule has 1 heterocycles. The van der Waals surface area contributed by atoms with E-state index in [4.69, 9.17) is 11.5 Å². The molecule has 0 bridgehead atoms. The number of aromatic carboxylic acids is 1. The zero-order valence-electron chi connectivity index (χ0n) is 10.1. The monoisotopic (exact) mass is 299 g/mol. The minimum atomic E-state index is -3.83. The van der Waals surface area contributed by atoms with Crippen LogP contribution in [0.3, 0.4) is 0 Å². The van der Waals surface area contributed by atoms with Gasteiger partial charge in [-0.1, -0.05) is 5.92 Å². The van der Waals surface area contributed by atoms with E-state index >= 15 is 0 Å². The summed E-state index contributed by atoms with van der Waals surface area (Å²) in [6.07, 6.45) is 7.19. The van der Waals surface area contributed by atoms with Gasteiger partial charge in [0.15, 0.2) is 0 Å². The van der Waals surface area contributed by atoms with Crippen molar-refractivity contribution in [2.75, 3.05) is 13.1 Å². The van der Waals surface area contributed by atoms with Gasteiger partial charge in [0, 0.05) is 6.54 Å². The van der Waals surface area contributed by atoms with Crippen molar-refractivity contribution in [3.05, 3.63) is 16.3 Å². The molecule has 1 aliphatic rings. The molecule has 5 nitrogen and oxygen atoms in total. The lowest BCUT2D eigenvalue weighted by Gasteiger charge is -2.19. The molecule has 0 radical (unpaired) electrons. The van der Waals surface area contributed by atoms with Crippen LogP contribution in [0.2, 0.25) is 0 Å². The highest BCUT2D eigenvalue weighted by atomic mass is 32.2. The first kappa shape index (κ1) is 14.1. The molecular weight excluding hydrogens is 286 g/mol. The molecule has 1 fully saturated rings. The first-order valence-electron chi connectivity index (χ1n) is 5.71. The van der Waals surface area contributed by atoms with Crippen LogP contribution in [-0.4, -0.2) is 36.9 Å². The van der Waals surface area contributed by atoms with Crippen molar-refractivity contribution in [3.8, 4) is 12.3 Å². The van der Waals surface area contributed by atoms with Crippen LogP contribution in [0.25, 0.3) is 0 Å². The summed E-state index contributed by atoms with van der Waals surface area (Å²) in [6.45, 7) is 0.329. The molecule has 0 saturated heterocycles. The fourth-order valence-electron chi connectivity index (χ4n) is 1.73. The Morgan fingerprint density at radius 3 is 2.79 bits per heavy atom. The number of carboxylic acid groups (broad SMARTS) is 1. The third-order valence-electron chi connectivity index (χ3n) is 2.87. The second-order valence-corrected chi connectivity index (χ2v) is 7.19.